The molecule has 4 rings (SSSR count). The van der Waals surface area contributed by atoms with Crippen molar-refractivity contribution in [1.82, 2.24) is 5.32 Å². The van der Waals surface area contributed by atoms with Crippen molar-refractivity contribution in [3.63, 3.8) is 0 Å². The molecule has 4 aromatic carbocycles. The Hall–Kier alpha value is -4.66. The van der Waals surface area contributed by atoms with Crippen LogP contribution in [0, 0.1) is 0 Å². The molecule has 0 spiro atoms. The quantitative estimate of drug-likeness (QED) is 0.0927. The first kappa shape index (κ1) is 31.3. The summed E-state index contributed by atoms with van der Waals surface area (Å²) < 4.78 is 0. The normalized spacial score (nSPS) is 11.7. The zero-order valence-electron chi connectivity index (χ0n) is 23.6. The van der Waals surface area contributed by atoms with E-state index in [9.17, 15) is 19.2 Å². The van der Waals surface area contributed by atoms with Gasteiger partial charge < -0.3 is 16.0 Å². The highest BCUT2D eigenvalue weighted by Crippen LogP contribution is 2.29. The summed E-state index contributed by atoms with van der Waals surface area (Å²) in [6.07, 6.45) is 2.12. The minimum absolute atomic E-state index is 0.0378. The second-order valence-electron chi connectivity index (χ2n) is 9.55. The highest BCUT2D eigenvalue weighted by atomic mass is 35.5. The molecular weight excluding hydrogens is 582 g/mol. The summed E-state index contributed by atoms with van der Waals surface area (Å²) in [7, 11) is 0. The van der Waals surface area contributed by atoms with Crippen molar-refractivity contribution in [3.05, 3.63) is 131 Å². The number of anilines is 2. The molecule has 0 heterocycles. The topological polar surface area (TPSA) is 104 Å². The van der Waals surface area contributed by atoms with Crippen molar-refractivity contribution in [1.29, 1.82) is 0 Å². The maximum Gasteiger partial charge on any atom is 0.272 e. The van der Waals surface area contributed by atoms with Crippen LogP contribution in [-0.2, 0) is 9.59 Å². The lowest BCUT2D eigenvalue weighted by atomic mass is 10.1. The van der Waals surface area contributed by atoms with Gasteiger partial charge in [-0.2, -0.15) is 0 Å². The van der Waals surface area contributed by atoms with E-state index in [1.54, 1.807) is 103 Å². The van der Waals surface area contributed by atoms with E-state index < -0.39 is 17.1 Å². The average Bonchev–Trinajstić information content (AvgIpc) is 3.00. The molecule has 0 fully saturated rings. The van der Waals surface area contributed by atoms with Gasteiger partial charge in [-0.05, 0) is 91.7 Å². The van der Waals surface area contributed by atoms with Gasteiger partial charge in [-0.15, -0.1) is 11.8 Å². The SMILES string of the molecule is CCC(Sc1cccc(NC(=O)/C(=C/c2cccc(Cl)c2)NC(=O)c2ccccc2)c1)C(=O)Nc1ccc(C(C)=O)cc1. The standard InChI is InChI=1S/C34H30ClN3O4S/c1-3-31(34(42)36-27-17-15-24(16-18-27)22(2)39)43-29-14-8-13-28(21-29)37-33(41)30(20-23-9-7-12-26(35)19-23)38-32(40)25-10-5-4-6-11-25/h4-21,31H,3H2,1-2H3,(H,36,42)(H,37,41)(H,38,40)/b30-20-. The van der Waals surface area contributed by atoms with Gasteiger partial charge in [0.05, 0.1) is 5.25 Å². The molecule has 0 saturated carbocycles. The summed E-state index contributed by atoms with van der Waals surface area (Å²) >= 11 is 7.50. The number of hydrogen-bond donors (Lipinski definition) is 3. The zero-order valence-corrected chi connectivity index (χ0v) is 25.2. The molecule has 7 nitrogen and oxygen atoms in total. The van der Waals surface area contributed by atoms with Gasteiger partial charge in [-0.25, -0.2) is 0 Å². The number of amides is 3. The van der Waals surface area contributed by atoms with Crippen molar-refractivity contribution in [2.45, 2.75) is 30.4 Å². The fourth-order valence-corrected chi connectivity index (χ4v) is 5.26. The van der Waals surface area contributed by atoms with E-state index in [1.165, 1.54) is 18.7 Å². The van der Waals surface area contributed by atoms with E-state index >= 15 is 0 Å². The van der Waals surface area contributed by atoms with Crippen molar-refractivity contribution in [2.75, 3.05) is 10.6 Å². The molecule has 0 aliphatic carbocycles. The summed E-state index contributed by atoms with van der Waals surface area (Å²) in [5, 5.41) is 8.56. The number of nitrogens with one attached hydrogen (secondary N) is 3. The number of hydrogen-bond acceptors (Lipinski definition) is 5. The first-order valence-corrected chi connectivity index (χ1v) is 14.8. The number of carbonyl (C=O) groups is 4. The fourth-order valence-electron chi connectivity index (χ4n) is 4.05. The summed E-state index contributed by atoms with van der Waals surface area (Å²) in [5.41, 5.74) is 2.76. The Kier molecular flexibility index (Phi) is 10.9. The molecule has 218 valence electrons. The zero-order chi connectivity index (χ0) is 30.8. The molecule has 0 bridgehead atoms. The van der Waals surface area contributed by atoms with Gasteiger partial charge in [0, 0.05) is 32.4 Å². The Morgan fingerprint density at radius 1 is 0.791 bits per heavy atom. The Balaban J connectivity index is 1.48. The summed E-state index contributed by atoms with van der Waals surface area (Å²) in [6.45, 7) is 3.41. The summed E-state index contributed by atoms with van der Waals surface area (Å²) in [6, 6.07) is 29.5. The molecular formula is C34H30ClN3O4S. The van der Waals surface area contributed by atoms with Crippen LogP contribution in [-0.4, -0.2) is 28.8 Å². The van der Waals surface area contributed by atoms with Crippen molar-refractivity contribution in [3.8, 4) is 0 Å². The number of benzene rings is 4. The lowest BCUT2D eigenvalue weighted by molar-refractivity contribution is -0.116. The van der Waals surface area contributed by atoms with Crippen LogP contribution in [0.4, 0.5) is 11.4 Å². The largest absolute Gasteiger partial charge is 0.325 e. The second kappa shape index (κ2) is 15.0. The smallest absolute Gasteiger partial charge is 0.272 e. The molecule has 0 aliphatic rings. The molecule has 0 aromatic heterocycles. The van der Waals surface area contributed by atoms with Crippen LogP contribution in [0.15, 0.2) is 114 Å². The number of Topliss-reactive ketones (excluding diaryl/α,β-unsaturated/α-hetero) is 1. The first-order valence-electron chi connectivity index (χ1n) is 13.6. The summed E-state index contributed by atoms with van der Waals surface area (Å²) in [4.78, 5) is 51.6. The van der Waals surface area contributed by atoms with Crippen LogP contribution in [0.5, 0.6) is 0 Å². The molecule has 3 N–H and O–H groups in total. The maximum absolute atomic E-state index is 13.4. The van der Waals surface area contributed by atoms with Gasteiger partial charge in [0.15, 0.2) is 5.78 Å². The van der Waals surface area contributed by atoms with Gasteiger partial charge in [0.1, 0.15) is 5.70 Å². The third kappa shape index (κ3) is 9.16. The second-order valence-corrected chi connectivity index (χ2v) is 11.3. The molecule has 9 heteroatoms. The first-order chi connectivity index (χ1) is 20.7. The molecule has 3 amide bonds. The van der Waals surface area contributed by atoms with E-state index in [1.807, 2.05) is 13.0 Å². The Bertz CT molecular complexity index is 1660. The predicted octanol–water partition coefficient (Wildman–Crippen LogP) is 7.46. The molecule has 1 atom stereocenters. The number of rotatable bonds is 11. The van der Waals surface area contributed by atoms with Crippen molar-refractivity contribution in [2.24, 2.45) is 0 Å². The molecule has 0 aliphatic heterocycles. The minimum Gasteiger partial charge on any atom is -0.325 e. The maximum atomic E-state index is 13.4. The highest BCUT2D eigenvalue weighted by molar-refractivity contribution is 8.00. The van der Waals surface area contributed by atoms with Crippen LogP contribution in [0.3, 0.4) is 0 Å². The van der Waals surface area contributed by atoms with Gasteiger partial charge in [-0.3, -0.25) is 19.2 Å². The third-order valence-corrected chi connectivity index (χ3v) is 7.87. The van der Waals surface area contributed by atoms with Crippen LogP contribution < -0.4 is 16.0 Å². The van der Waals surface area contributed by atoms with Gasteiger partial charge in [-0.1, -0.05) is 54.9 Å². The minimum atomic E-state index is -0.523. The van der Waals surface area contributed by atoms with Crippen LogP contribution in [0.2, 0.25) is 5.02 Å². The van der Waals surface area contributed by atoms with Crippen LogP contribution >= 0.6 is 23.4 Å². The Labute approximate surface area is 259 Å². The number of carbonyl (C=O) groups excluding carboxylic acids is 4. The van der Waals surface area contributed by atoms with Crippen molar-refractivity contribution >= 4 is 64.3 Å². The number of halogens is 1. The molecule has 4 aromatic rings. The lowest BCUT2D eigenvalue weighted by Crippen LogP contribution is -2.30. The predicted molar refractivity (Wildman–Crippen MR) is 173 cm³/mol. The van der Waals surface area contributed by atoms with E-state index in [0.717, 1.165) is 4.90 Å². The van der Waals surface area contributed by atoms with Crippen LogP contribution in [0.25, 0.3) is 6.08 Å². The molecule has 1 unspecified atom stereocenters. The fraction of sp³-hybridized carbons (Fsp3) is 0.118. The van der Waals surface area contributed by atoms with Crippen molar-refractivity contribution < 1.29 is 19.2 Å². The average molecular weight is 612 g/mol. The van der Waals surface area contributed by atoms with Gasteiger partial charge in [0.25, 0.3) is 11.8 Å². The van der Waals surface area contributed by atoms with Gasteiger partial charge in [0.2, 0.25) is 5.91 Å². The third-order valence-electron chi connectivity index (χ3n) is 6.28. The highest BCUT2D eigenvalue weighted by Gasteiger charge is 2.19. The van der Waals surface area contributed by atoms with E-state index in [0.29, 0.717) is 39.5 Å². The lowest BCUT2D eigenvalue weighted by Gasteiger charge is -2.16. The number of thioether (sulfide) groups is 1. The van der Waals surface area contributed by atoms with Crippen LogP contribution in [0.1, 0.15) is 46.5 Å². The Morgan fingerprint density at radius 2 is 1.51 bits per heavy atom. The van der Waals surface area contributed by atoms with E-state index in [4.69, 9.17) is 11.6 Å². The Morgan fingerprint density at radius 3 is 2.19 bits per heavy atom. The molecule has 0 saturated heterocycles. The monoisotopic (exact) mass is 611 g/mol. The number of ketones is 1. The molecule has 0 radical (unpaired) electrons. The van der Waals surface area contributed by atoms with Gasteiger partial charge >= 0.3 is 0 Å². The van der Waals surface area contributed by atoms with E-state index in [2.05, 4.69) is 16.0 Å². The van der Waals surface area contributed by atoms with E-state index in [-0.39, 0.29) is 17.4 Å². The molecule has 43 heavy (non-hydrogen) atoms. The summed E-state index contributed by atoms with van der Waals surface area (Å²) in [5.74, 6) is -1.17.